The van der Waals surface area contributed by atoms with Gasteiger partial charge in [0.1, 0.15) is 0 Å². The van der Waals surface area contributed by atoms with Gasteiger partial charge in [0.2, 0.25) is 0 Å². The van der Waals surface area contributed by atoms with Gasteiger partial charge in [0.25, 0.3) is 0 Å². The van der Waals surface area contributed by atoms with Gasteiger partial charge in [0.15, 0.2) is 5.97 Å². The number of ether oxygens (including phenoxy) is 1. The van der Waals surface area contributed by atoms with Crippen LogP contribution in [0.15, 0.2) is 0 Å². The van der Waals surface area contributed by atoms with Crippen LogP contribution in [0.1, 0.15) is 0 Å². The van der Waals surface area contributed by atoms with E-state index < -0.39 is 17.6 Å². The van der Waals surface area contributed by atoms with Crippen molar-refractivity contribution in [2.75, 3.05) is 6.73 Å². The number of esters is 1. The minimum Gasteiger partial charge on any atom is -0.427 e. The summed E-state index contributed by atoms with van der Waals surface area (Å²) in [5, 5.41) is 9.40. The molecule has 0 atom stereocenters. The predicted octanol–water partition coefficient (Wildman–Crippen LogP) is -0.405. The third-order valence-corrected chi connectivity index (χ3v) is 0.331. The molecular formula is C3H4NO4V-. The normalized spacial score (nSPS) is 7.11. The van der Waals surface area contributed by atoms with E-state index in [9.17, 15) is 14.9 Å². The molecule has 1 radical (unpaired) electrons. The minimum atomic E-state index is -0.887. The minimum absolute atomic E-state index is 0. The second-order valence-electron chi connectivity index (χ2n) is 0.978. The molecule has 0 saturated heterocycles. The van der Waals surface area contributed by atoms with Crippen LogP contribution < -0.4 is 0 Å². The quantitative estimate of drug-likeness (QED) is 0.185. The Bertz CT molecular complexity index is 100. The number of hydrogen-bond acceptors (Lipinski definition) is 4. The molecule has 0 unspecified atom stereocenters. The monoisotopic (exact) mass is 169 g/mol. The summed E-state index contributed by atoms with van der Waals surface area (Å²) in [5.41, 5.74) is 0. The first-order valence-electron chi connectivity index (χ1n) is 1.73. The smallest absolute Gasteiger partial charge is 0.344 e. The number of carbonyl (C=O) groups is 1. The molecule has 51 valence electrons. The third kappa shape index (κ3) is 11.1. The van der Waals surface area contributed by atoms with Crippen molar-refractivity contribution in [2.24, 2.45) is 0 Å². The van der Waals surface area contributed by atoms with Crippen molar-refractivity contribution in [1.29, 1.82) is 0 Å². The van der Waals surface area contributed by atoms with Gasteiger partial charge in [-0.3, -0.25) is 21.8 Å². The number of rotatable bonds is 2. The molecule has 0 aromatic carbocycles. The van der Waals surface area contributed by atoms with Gasteiger partial charge in [0, 0.05) is 18.6 Å². The third-order valence-electron chi connectivity index (χ3n) is 0.331. The SMILES string of the molecule is [CH2-]C(=O)OC[N+](=O)[O-].[V]. The summed E-state index contributed by atoms with van der Waals surface area (Å²) in [7, 11) is 0. The summed E-state index contributed by atoms with van der Waals surface area (Å²) in [6.07, 6.45) is 0. The van der Waals surface area contributed by atoms with Crippen LogP contribution in [-0.2, 0) is 28.1 Å². The molecule has 0 amide bonds. The van der Waals surface area contributed by atoms with Crippen molar-refractivity contribution in [3.63, 3.8) is 0 Å². The van der Waals surface area contributed by atoms with Crippen LogP contribution in [0.2, 0.25) is 0 Å². The molecule has 0 aliphatic heterocycles. The van der Waals surface area contributed by atoms with Crippen LogP contribution in [0.4, 0.5) is 0 Å². The Morgan fingerprint density at radius 2 is 2.22 bits per heavy atom. The average Bonchev–Trinajstić information content (AvgIpc) is 1.61. The van der Waals surface area contributed by atoms with Crippen molar-refractivity contribution in [2.45, 2.75) is 0 Å². The maximum atomic E-state index is 9.71. The van der Waals surface area contributed by atoms with Gasteiger partial charge in [-0.15, -0.1) is 0 Å². The van der Waals surface area contributed by atoms with Crippen molar-refractivity contribution >= 4 is 5.97 Å². The molecular weight excluding hydrogens is 165 g/mol. The van der Waals surface area contributed by atoms with Crippen LogP contribution in [-0.4, -0.2) is 17.6 Å². The molecule has 9 heavy (non-hydrogen) atoms. The number of carbonyl (C=O) groups excluding carboxylic acids is 1. The first-order chi connectivity index (χ1) is 3.63. The molecule has 0 aromatic rings. The van der Waals surface area contributed by atoms with Crippen LogP contribution in [0, 0.1) is 17.0 Å². The van der Waals surface area contributed by atoms with Gasteiger partial charge in [-0.2, -0.15) is 0 Å². The Labute approximate surface area is 63.4 Å². The average molecular weight is 169 g/mol. The van der Waals surface area contributed by atoms with Gasteiger partial charge in [0.05, 0.1) is 4.92 Å². The zero-order valence-electron chi connectivity index (χ0n) is 4.44. The van der Waals surface area contributed by atoms with Crippen LogP contribution in [0.5, 0.6) is 0 Å². The molecule has 0 spiro atoms. The maximum absolute atomic E-state index is 9.71. The van der Waals surface area contributed by atoms with E-state index in [4.69, 9.17) is 0 Å². The van der Waals surface area contributed by atoms with E-state index >= 15 is 0 Å². The summed E-state index contributed by atoms with van der Waals surface area (Å²) in [4.78, 5) is 18.4. The topological polar surface area (TPSA) is 69.4 Å². The molecule has 0 aliphatic rings. The summed E-state index contributed by atoms with van der Waals surface area (Å²) >= 11 is 0. The fourth-order valence-electron chi connectivity index (χ4n) is 0.125. The van der Waals surface area contributed by atoms with Gasteiger partial charge < -0.3 is 4.74 Å². The molecule has 0 fully saturated rings. The van der Waals surface area contributed by atoms with Crippen LogP contribution in [0.25, 0.3) is 0 Å². The van der Waals surface area contributed by atoms with E-state index in [-0.39, 0.29) is 18.6 Å². The van der Waals surface area contributed by atoms with E-state index in [1.807, 2.05) is 0 Å². The van der Waals surface area contributed by atoms with Gasteiger partial charge >= 0.3 is 6.73 Å². The number of nitrogens with zero attached hydrogens (tertiary/aromatic N) is 1. The summed E-state index contributed by atoms with van der Waals surface area (Å²) < 4.78 is 3.85. The first kappa shape index (κ1) is 11.2. The summed E-state index contributed by atoms with van der Waals surface area (Å²) in [6, 6.07) is 0. The molecule has 0 aromatic heterocycles. The second kappa shape index (κ2) is 5.46. The molecule has 0 bridgehead atoms. The second-order valence-corrected chi connectivity index (χ2v) is 0.978. The zero-order chi connectivity index (χ0) is 6.57. The van der Waals surface area contributed by atoms with Crippen molar-refractivity contribution in [3.05, 3.63) is 17.0 Å². The Hall–Kier alpha value is -0.676. The van der Waals surface area contributed by atoms with E-state index in [1.54, 1.807) is 0 Å². The summed E-state index contributed by atoms with van der Waals surface area (Å²) in [5.74, 6) is -0.887. The van der Waals surface area contributed by atoms with Crippen LogP contribution >= 0.6 is 0 Å². The zero-order valence-corrected chi connectivity index (χ0v) is 5.84. The largest absolute Gasteiger partial charge is 0.427 e. The van der Waals surface area contributed by atoms with E-state index in [0.29, 0.717) is 0 Å². The molecule has 0 saturated carbocycles. The standard InChI is InChI=1S/C3H4NO4.V/c1-3(5)8-2-4(6)7;/h1-2H2;/q-1;. The molecule has 0 N–H and O–H groups in total. The van der Waals surface area contributed by atoms with E-state index in [2.05, 4.69) is 11.7 Å². The summed E-state index contributed by atoms with van der Waals surface area (Å²) in [6.45, 7) is 1.94. The fraction of sp³-hybridized carbons (Fsp3) is 0.333. The van der Waals surface area contributed by atoms with Gasteiger partial charge in [-0.1, -0.05) is 0 Å². The Morgan fingerprint density at radius 1 is 1.78 bits per heavy atom. The Kier molecular flexibility index (Phi) is 6.77. The molecule has 6 heteroatoms. The fourth-order valence-corrected chi connectivity index (χ4v) is 0.125. The number of hydrogen-bond donors (Lipinski definition) is 0. The van der Waals surface area contributed by atoms with E-state index in [1.165, 1.54) is 0 Å². The van der Waals surface area contributed by atoms with Crippen molar-refractivity contribution in [1.82, 2.24) is 0 Å². The number of nitro groups is 1. The van der Waals surface area contributed by atoms with E-state index in [0.717, 1.165) is 0 Å². The van der Waals surface area contributed by atoms with Crippen LogP contribution in [0.3, 0.4) is 0 Å². The van der Waals surface area contributed by atoms with Crippen molar-refractivity contribution < 1.29 is 33.0 Å². The predicted molar refractivity (Wildman–Crippen MR) is 23.3 cm³/mol. The molecule has 0 aliphatic carbocycles. The Balaban J connectivity index is 0. The Morgan fingerprint density at radius 3 is 2.33 bits per heavy atom. The molecule has 0 rings (SSSR count). The first-order valence-corrected chi connectivity index (χ1v) is 1.73. The molecule has 5 nitrogen and oxygen atoms in total. The molecule has 0 heterocycles. The van der Waals surface area contributed by atoms with Crippen molar-refractivity contribution in [3.8, 4) is 0 Å². The maximum Gasteiger partial charge on any atom is 0.344 e. The van der Waals surface area contributed by atoms with Gasteiger partial charge in [-0.25, -0.2) is 0 Å². The van der Waals surface area contributed by atoms with Gasteiger partial charge in [-0.05, 0) is 0 Å².